The van der Waals surface area contributed by atoms with Gasteiger partial charge in [-0.15, -0.1) is 0 Å². The summed E-state index contributed by atoms with van der Waals surface area (Å²) in [5, 5.41) is 0. The van der Waals surface area contributed by atoms with Crippen LogP contribution in [0.1, 0.15) is 25.3 Å². The maximum absolute atomic E-state index is 13.3. The van der Waals surface area contributed by atoms with Crippen molar-refractivity contribution in [2.45, 2.75) is 25.4 Å². The van der Waals surface area contributed by atoms with Gasteiger partial charge in [-0.25, -0.2) is 4.39 Å². The molecule has 1 atom stereocenters. The number of nitrogens with zero attached hydrogens (tertiary/aromatic N) is 1. The van der Waals surface area contributed by atoms with Gasteiger partial charge < -0.3 is 15.4 Å². The van der Waals surface area contributed by atoms with Gasteiger partial charge in [0.05, 0.1) is 5.60 Å². The van der Waals surface area contributed by atoms with Crippen LogP contribution in [0.4, 0.5) is 10.1 Å². The van der Waals surface area contributed by atoms with E-state index in [0.717, 1.165) is 31.6 Å². The summed E-state index contributed by atoms with van der Waals surface area (Å²) in [6.07, 6.45) is 2.04. The SMILES string of the molecule is COC1(C)CCCN(c2ccc(F)cc2C(N)=S)C1. The van der Waals surface area contributed by atoms with Crippen molar-refractivity contribution in [1.29, 1.82) is 0 Å². The molecule has 19 heavy (non-hydrogen) atoms. The van der Waals surface area contributed by atoms with Crippen molar-refractivity contribution < 1.29 is 9.13 Å². The smallest absolute Gasteiger partial charge is 0.124 e. The summed E-state index contributed by atoms with van der Waals surface area (Å²) in [7, 11) is 1.72. The van der Waals surface area contributed by atoms with Gasteiger partial charge >= 0.3 is 0 Å². The number of halogens is 1. The molecule has 0 radical (unpaired) electrons. The van der Waals surface area contributed by atoms with E-state index in [9.17, 15) is 4.39 Å². The summed E-state index contributed by atoms with van der Waals surface area (Å²) in [6, 6.07) is 4.58. The second-order valence-electron chi connectivity index (χ2n) is 5.20. The van der Waals surface area contributed by atoms with Crippen molar-refractivity contribution in [3.63, 3.8) is 0 Å². The van der Waals surface area contributed by atoms with E-state index < -0.39 is 0 Å². The molecular weight excluding hydrogens is 263 g/mol. The maximum Gasteiger partial charge on any atom is 0.124 e. The number of rotatable bonds is 3. The molecule has 0 spiro atoms. The Labute approximate surface area is 118 Å². The van der Waals surface area contributed by atoms with Crippen LogP contribution >= 0.6 is 12.2 Å². The summed E-state index contributed by atoms with van der Waals surface area (Å²) in [4.78, 5) is 2.39. The third kappa shape index (κ3) is 3.04. The fourth-order valence-corrected chi connectivity index (χ4v) is 2.72. The van der Waals surface area contributed by atoms with Crippen LogP contribution in [0.5, 0.6) is 0 Å². The highest BCUT2D eigenvalue weighted by molar-refractivity contribution is 7.80. The lowest BCUT2D eigenvalue weighted by Crippen LogP contribution is -2.48. The topological polar surface area (TPSA) is 38.5 Å². The van der Waals surface area contributed by atoms with E-state index in [1.807, 2.05) is 0 Å². The molecule has 0 amide bonds. The molecule has 1 fully saturated rings. The first-order valence-corrected chi connectivity index (χ1v) is 6.75. The predicted molar refractivity (Wildman–Crippen MR) is 79.1 cm³/mol. The second kappa shape index (κ2) is 5.43. The normalized spacial score (nSPS) is 23.4. The minimum Gasteiger partial charge on any atom is -0.389 e. The lowest BCUT2D eigenvalue weighted by Gasteiger charge is -2.41. The molecule has 1 unspecified atom stereocenters. The van der Waals surface area contributed by atoms with E-state index >= 15 is 0 Å². The Morgan fingerprint density at radius 3 is 2.89 bits per heavy atom. The van der Waals surface area contributed by atoms with Gasteiger partial charge in [-0.05, 0) is 38.0 Å². The van der Waals surface area contributed by atoms with Crippen LogP contribution in [-0.2, 0) is 4.74 Å². The summed E-state index contributed by atoms with van der Waals surface area (Å²) in [5.41, 5.74) is 7.00. The van der Waals surface area contributed by atoms with Crippen LogP contribution in [0.15, 0.2) is 18.2 Å². The molecular formula is C14H19FN2OS. The number of anilines is 1. The van der Waals surface area contributed by atoms with Crippen molar-refractivity contribution in [2.75, 3.05) is 25.1 Å². The molecule has 2 rings (SSSR count). The molecule has 1 aromatic carbocycles. The highest BCUT2D eigenvalue weighted by Gasteiger charge is 2.31. The van der Waals surface area contributed by atoms with Crippen LogP contribution in [0.3, 0.4) is 0 Å². The fraction of sp³-hybridized carbons (Fsp3) is 0.500. The van der Waals surface area contributed by atoms with Crippen LogP contribution in [-0.4, -0.2) is 30.8 Å². The molecule has 1 aromatic rings. The van der Waals surface area contributed by atoms with Crippen molar-refractivity contribution in [2.24, 2.45) is 5.73 Å². The summed E-state index contributed by atoms with van der Waals surface area (Å²) >= 11 is 5.02. The lowest BCUT2D eigenvalue weighted by molar-refractivity contribution is -0.00465. The number of piperidine rings is 1. The Kier molecular flexibility index (Phi) is 4.06. The number of nitrogens with two attached hydrogens (primary N) is 1. The average molecular weight is 282 g/mol. The van der Waals surface area contributed by atoms with Gasteiger partial charge in [0.15, 0.2) is 0 Å². The van der Waals surface area contributed by atoms with E-state index in [0.29, 0.717) is 5.56 Å². The molecule has 5 heteroatoms. The number of benzene rings is 1. The molecule has 2 N–H and O–H groups in total. The lowest BCUT2D eigenvalue weighted by atomic mass is 9.94. The molecule has 0 aliphatic carbocycles. The van der Waals surface area contributed by atoms with E-state index in [4.69, 9.17) is 22.7 Å². The predicted octanol–water partition coefficient (Wildman–Crippen LogP) is 2.47. The zero-order chi connectivity index (χ0) is 14.0. The van der Waals surface area contributed by atoms with E-state index in [2.05, 4.69) is 11.8 Å². The minimum atomic E-state index is -0.321. The Morgan fingerprint density at radius 2 is 2.26 bits per heavy atom. The van der Waals surface area contributed by atoms with Gasteiger partial charge in [-0.1, -0.05) is 12.2 Å². The average Bonchev–Trinajstić information content (AvgIpc) is 2.38. The molecule has 0 bridgehead atoms. The second-order valence-corrected chi connectivity index (χ2v) is 5.64. The Morgan fingerprint density at radius 1 is 1.53 bits per heavy atom. The molecule has 1 aliphatic heterocycles. The molecule has 104 valence electrons. The van der Waals surface area contributed by atoms with Crippen molar-refractivity contribution in [1.82, 2.24) is 0 Å². The van der Waals surface area contributed by atoms with Crippen LogP contribution in [0.2, 0.25) is 0 Å². The quantitative estimate of drug-likeness (QED) is 0.864. The number of hydrogen-bond acceptors (Lipinski definition) is 3. The van der Waals surface area contributed by atoms with Gasteiger partial charge in [0.2, 0.25) is 0 Å². The first kappa shape index (κ1) is 14.2. The molecule has 0 saturated carbocycles. The zero-order valence-corrected chi connectivity index (χ0v) is 12.1. The highest BCUT2D eigenvalue weighted by Crippen LogP contribution is 2.30. The van der Waals surface area contributed by atoms with Gasteiger partial charge in [0, 0.05) is 31.5 Å². The number of hydrogen-bond donors (Lipinski definition) is 1. The zero-order valence-electron chi connectivity index (χ0n) is 11.3. The van der Waals surface area contributed by atoms with E-state index in [1.54, 1.807) is 13.2 Å². The Balaban J connectivity index is 2.33. The maximum atomic E-state index is 13.3. The summed E-state index contributed by atoms with van der Waals surface area (Å²) in [6.45, 7) is 3.74. The van der Waals surface area contributed by atoms with Crippen LogP contribution in [0, 0.1) is 5.82 Å². The summed E-state index contributed by atoms with van der Waals surface area (Å²) < 4.78 is 18.9. The Bertz CT molecular complexity index is 494. The van der Waals surface area contributed by atoms with Crippen molar-refractivity contribution >= 4 is 22.9 Å². The fourth-order valence-electron chi connectivity index (χ4n) is 2.56. The molecule has 1 saturated heterocycles. The highest BCUT2D eigenvalue weighted by atomic mass is 32.1. The van der Waals surface area contributed by atoms with Crippen LogP contribution < -0.4 is 10.6 Å². The minimum absolute atomic E-state index is 0.180. The Hall–Kier alpha value is -1.20. The first-order valence-electron chi connectivity index (χ1n) is 6.35. The number of ether oxygens (including phenoxy) is 1. The van der Waals surface area contributed by atoms with Crippen molar-refractivity contribution in [3.05, 3.63) is 29.6 Å². The largest absolute Gasteiger partial charge is 0.389 e. The number of thiocarbonyl (C=S) groups is 1. The van der Waals surface area contributed by atoms with E-state index in [1.165, 1.54) is 12.1 Å². The molecule has 1 aliphatic rings. The van der Waals surface area contributed by atoms with Gasteiger partial charge in [-0.3, -0.25) is 0 Å². The third-order valence-corrected chi connectivity index (χ3v) is 3.94. The van der Waals surface area contributed by atoms with Gasteiger partial charge in [-0.2, -0.15) is 0 Å². The van der Waals surface area contributed by atoms with E-state index in [-0.39, 0.29) is 16.4 Å². The summed E-state index contributed by atoms with van der Waals surface area (Å²) in [5.74, 6) is -0.321. The standard InChI is InChI=1S/C14H19FN2OS/c1-14(18-2)6-3-7-17(9-14)12-5-4-10(15)8-11(12)13(16)19/h4-5,8H,3,6-7,9H2,1-2H3,(H2,16,19). The van der Waals surface area contributed by atoms with Gasteiger partial charge in [0.25, 0.3) is 0 Å². The van der Waals surface area contributed by atoms with Crippen molar-refractivity contribution in [3.8, 4) is 0 Å². The van der Waals surface area contributed by atoms with Gasteiger partial charge in [0.1, 0.15) is 10.8 Å². The van der Waals surface area contributed by atoms with Crippen LogP contribution in [0.25, 0.3) is 0 Å². The molecule has 1 heterocycles. The first-order chi connectivity index (χ1) is 8.95. The molecule has 0 aromatic heterocycles. The monoisotopic (exact) mass is 282 g/mol. The molecule has 3 nitrogen and oxygen atoms in total. The number of methoxy groups -OCH3 is 1. The third-order valence-electron chi connectivity index (χ3n) is 3.72.